The van der Waals surface area contributed by atoms with Gasteiger partial charge in [0.05, 0.1) is 31.9 Å². The van der Waals surface area contributed by atoms with Crippen LogP contribution in [-0.2, 0) is 4.74 Å². The van der Waals surface area contributed by atoms with Gasteiger partial charge in [0, 0.05) is 42.6 Å². The van der Waals surface area contributed by atoms with E-state index in [0.29, 0.717) is 61.1 Å². The first-order valence-electron chi connectivity index (χ1n) is 14.9. The summed E-state index contributed by atoms with van der Waals surface area (Å²) in [4.78, 5) is 31.0. The summed E-state index contributed by atoms with van der Waals surface area (Å²) in [5, 5.41) is 0.791. The van der Waals surface area contributed by atoms with Crippen LogP contribution in [0.3, 0.4) is 0 Å². The third kappa shape index (κ3) is 5.67. The van der Waals surface area contributed by atoms with Crippen LogP contribution in [0.2, 0.25) is 0 Å². The van der Waals surface area contributed by atoms with E-state index >= 15 is 0 Å². The van der Waals surface area contributed by atoms with Crippen LogP contribution in [0.15, 0.2) is 46.9 Å². The van der Waals surface area contributed by atoms with Gasteiger partial charge in [0.25, 0.3) is 11.8 Å². The first kappa shape index (κ1) is 27.6. The monoisotopic (exact) mass is 560 g/mol. The third-order valence-electron chi connectivity index (χ3n) is 9.22. The fraction of sp³-hybridized carbons (Fsp3) is 0.515. The maximum Gasteiger partial charge on any atom is 0.258 e. The molecule has 8 nitrogen and oxygen atoms in total. The van der Waals surface area contributed by atoms with Crippen LogP contribution in [0.1, 0.15) is 71.4 Å². The largest absolute Gasteiger partial charge is 0.497 e. The Balaban J connectivity index is 1.18. The van der Waals surface area contributed by atoms with Crippen LogP contribution >= 0.6 is 0 Å². The lowest BCUT2D eigenvalue weighted by Gasteiger charge is -2.42. The van der Waals surface area contributed by atoms with Gasteiger partial charge in [-0.05, 0) is 81.8 Å². The summed E-state index contributed by atoms with van der Waals surface area (Å²) in [7, 11) is 1.62. The maximum atomic E-state index is 13.7. The number of benzene rings is 2. The van der Waals surface area contributed by atoms with Crippen LogP contribution in [0.25, 0.3) is 11.0 Å². The van der Waals surface area contributed by atoms with E-state index in [1.807, 2.05) is 59.2 Å². The lowest BCUT2D eigenvalue weighted by Crippen LogP contribution is -2.45. The van der Waals surface area contributed by atoms with E-state index in [1.54, 1.807) is 7.11 Å². The van der Waals surface area contributed by atoms with Crippen molar-refractivity contribution in [1.29, 1.82) is 0 Å². The van der Waals surface area contributed by atoms with Gasteiger partial charge in [-0.3, -0.25) is 9.59 Å². The Morgan fingerprint density at radius 3 is 2.71 bits per heavy atom. The van der Waals surface area contributed by atoms with E-state index in [9.17, 15) is 9.59 Å². The van der Waals surface area contributed by atoms with Gasteiger partial charge in [-0.25, -0.2) is 0 Å². The second-order valence-corrected chi connectivity index (χ2v) is 11.8. The third-order valence-corrected chi connectivity index (χ3v) is 9.22. The molecule has 3 aliphatic heterocycles. The molecule has 3 aliphatic rings. The van der Waals surface area contributed by atoms with Gasteiger partial charge in [0.2, 0.25) is 0 Å². The molecule has 0 aliphatic carbocycles. The average Bonchev–Trinajstić information content (AvgIpc) is 3.60. The number of likely N-dealkylation sites (tertiary alicyclic amines) is 1. The molecule has 2 aromatic carbocycles. The molecule has 2 bridgehead atoms. The number of hydrogen-bond acceptors (Lipinski definition) is 6. The second-order valence-electron chi connectivity index (χ2n) is 11.8. The van der Waals surface area contributed by atoms with E-state index in [1.165, 1.54) is 0 Å². The maximum absolute atomic E-state index is 13.7. The highest BCUT2D eigenvalue weighted by atomic mass is 16.5. The Hall–Kier alpha value is -3.52. The van der Waals surface area contributed by atoms with Crippen molar-refractivity contribution in [2.24, 2.45) is 5.41 Å². The van der Waals surface area contributed by atoms with Crippen molar-refractivity contribution in [3.05, 3.63) is 59.4 Å². The van der Waals surface area contributed by atoms with E-state index in [4.69, 9.17) is 18.6 Å². The van der Waals surface area contributed by atoms with E-state index < -0.39 is 0 Å². The Bertz CT molecular complexity index is 1410. The summed E-state index contributed by atoms with van der Waals surface area (Å²) in [6, 6.07) is 13.3. The molecule has 8 heteroatoms. The lowest BCUT2D eigenvalue weighted by molar-refractivity contribution is 0.0332. The molecular formula is C33H40N2O6. The molecule has 2 fully saturated rings. The van der Waals surface area contributed by atoms with Crippen molar-refractivity contribution < 1.29 is 28.2 Å². The summed E-state index contributed by atoms with van der Waals surface area (Å²) in [6.07, 6.45) is 6.73. The van der Waals surface area contributed by atoms with Gasteiger partial charge in [-0.2, -0.15) is 0 Å². The number of piperidine rings is 1. The Labute approximate surface area is 241 Å². The van der Waals surface area contributed by atoms with Gasteiger partial charge in [-0.15, -0.1) is 0 Å². The van der Waals surface area contributed by atoms with Crippen LogP contribution in [0.5, 0.6) is 11.5 Å². The second kappa shape index (κ2) is 11.8. The zero-order valence-electron chi connectivity index (χ0n) is 24.2. The molecule has 0 N–H and O–H groups in total. The minimum Gasteiger partial charge on any atom is -0.497 e. The molecule has 1 atom stereocenters. The zero-order valence-corrected chi connectivity index (χ0v) is 24.2. The normalized spacial score (nSPS) is 21.7. The number of rotatable bonds is 2. The van der Waals surface area contributed by atoms with Gasteiger partial charge in [0.15, 0.2) is 0 Å². The van der Waals surface area contributed by atoms with Crippen molar-refractivity contribution in [3.8, 4) is 11.5 Å². The fourth-order valence-corrected chi connectivity index (χ4v) is 6.72. The van der Waals surface area contributed by atoms with Crippen molar-refractivity contribution in [1.82, 2.24) is 9.80 Å². The van der Waals surface area contributed by atoms with E-state index in [0.717, 1.165) is 62.6 Å². The summed E-state index contributed by atoms with van der Waals surface area (Å²) >= 11 is 0. The molecule has 1 aromatic heterocycles. The quantitative estimate of drug-likeness (QED) is 0.391. The zero-order chi connectivity index (χ0) is 28.4. The summed E-state index contributed by atoms with van der Waals surface area (Å²) in [5.74, 6) is 2.11. The smallest absolute Gasteiger partial charge is 0.258 e. The number of aryl methyl sites for hydroxylation is 1. The topological polar surface area (TPSA) is 81.5 Å². The number of carbonyl (C=O) groups is 2. The van der Waals surface area contributed by atoms with Crippen LogP contribution in [0, 0.1) is 12.3 Å². The molecule has 2 saturated heterocycles. The highest BCUT2D eigenvalue weighted by Crippen LogP contribution is 2.39. The predicted molar refractivity (Wildman–Crippen MR) is 156 cm³/mol. The number of ether oxygens (including phenoxy) is 3. The van der Waals surface area contributed by atoms with Gasteiger partial charge in [-0.1, -0.05) is 12.5 Å². The molecule has 218 valence electrons. The predicted octanol–water partition coefficient (Wildman–Crippen LogP) is 5.86. The van der Waals surface area contributed by atoms with Crippen molar-refractivity contribution in [3.63, 3.8) is 0 Å². The number of hydrogen-bond donors (Lipinski definition) is 0. The molecule has 0 unspecified atom stereocenters. The van der Waals surface area contributed by atoms with Gasteiger partial charge in [0.1, 0.15) is 22.8 Å². The first-order valence-corrected chi connectivity index (χ1v) is 14.9. The number of fused-ring (bicyclic) bond motifs is 4. The molecule has 2 amide bonds. The standard InChI is InChI=1S/C33H40N2O6/c1-23-30(28-20-26(38-2)10-11-29(28)41-23)32(37)34-16-13-33(14-17-34)12-3-4-18-39-21-25-8-6-15-35(25)31(36)24-7-5-9-27(19-24)40-22-33/h5,7,9-11,19-20,25H,3-4,6,8,12-18,21-22H2,1-2H3/t25-/m0/s1. The van der Waals surface area contributed by atoms with Crippen LogP contribution in [0.4, 0.5) is 0 Å². The number of carbonyl (C=O) groups excluding carboxylic acids is 2. The lowest BCUT2D eigenvalue weighted by atomic mass is 9.75. The SMILES string of the molecule is COc1ccc2oc(C)c(C(=O)N3CCC4(CCCCOC[C@@H]5CCCN5C(=O)c5cccc(c5)OC4)CC3)c2c1. The highest BCUT2D eigenvalue weighted by molar-refractivity contribution is 6.07. The van der Waals surface area contributed by atoms with Crippen molar-refractivity contribution in [2.45, 2.75) is 57.9 Å². The Morgan fingerprint density at radius 2 is 1.88 bits per heavy atom. The van der Waals surface area contributed by atoms with Gasteiger partial charge >= 0.3 is 0 Å². The summed E-state index contributed by atoms with van der Waals surface area (Å²) in [5.41, 5.74) is 1.93. The minimum atomic E-state index is -0.0479. The molecular weight excluding hydrogens is 520 g/mol. The molecule has 0 saturated carbocycles. The molecule has 3 aromatic rings. The molecule has 6 rings (SSSR count). The number of methoxy groups -OCH3 is 1. The Morgan fingerprint density at radius 1 is 1.02 bits per heavy atom. The number of furan rings is 1. The van der Waals surface area contributed by atoms with E-state index in [-0.39, 0.29) is 23.3 Å². The highest BCUT2D eigenvalue weighted by Gasteiger charge is 2.38. The molecule has 41 heavy (non-hydrogen) atoms. The first-order chi connectivity index (χ1) is 20.0. The average molecular weight is 561 g/mol. The van der Waals surface area contributed by atoms with Crippen LogP contribution in [-0.4, -0.2) is 74.2 Å². The molecule has 4 heterocycles. The van der Waals surface area contributed by atoms with Crippen LogP contribution < -0.4 is 9.47 Å². The fourth-order valence-electron chi connectivity index (χ4n) is 6.72. The van der Waals surface area contributed by atoms with Crippen molar-refractivity contribution >= 4 is 22.8 Å². The van der Waals surface area contributed by atoms with Gasteiger partial charge < -0.3 is 28.4 Å². The molecule has 0 radical (unpaired) electrons. The molecule has 1 spiro atoms. The van der Waals surface area contributed by atoms with E-state index in [2.05, 4.69) is 0 Å². The Kier molecular flexibility index (Phi) is 7.93. The minimum absolute atomic E-state index is 0.00238. The number of amides is 2. The number of nitrogens with zero attached hydrogens (tertiary/aromatic N) is 2. The summed E-state index contributed by atoms with van der Waals surface area (Å²) in [6.45, 7) is 5.79. The summed E-state index contributed by atoms with van der Waals surface area (Å²) < 4.78 is 23.8. The van der Waals surface area contributed by atoms with Crippen molar-refractivity contribution in [2.75, 3.05) is 46.6 Å².